The predicted molar refractivity (Wildman–Crippen MR) is 55.7 cm³/mol. The molecule has 0 saturated carbocycles. The van der Waals surface area contributed by atoms with Crippen LogP contribution in [0.25, 0.3) is 0 Å². The van der Waals surface area contributed by atoms with Crippen molar-refractivity contribution in [2.24, 2.45) is 4.99 Å². The molecule has 0 bridgehead atoms. The molecule has 1 aromatic rings. The monoisotopic (exact) mass is 278 g/mol. The maximum Gasteiger partial charge on any atom is 0.149 e. The van der Waals surface area contributed by atoms with Crippen LogP contribution in [0.1, 0.15) is 6.92 Å². The Bertz CT molecular complexity index is 327. The predicted octanol–water partition coefficient (Wildman–Crippen LogP) is 1.25. The average Bonchev–Trinajstić information content (AvgIpc) is 2.72. The summed E-state index contributed by atoms with van der Waals surface area (Å²) in [5, 5.41) is 3.19. The summed E-state index contributed by atoms with van der Waals surface area (Å²) < 4.78 is 5.65. The van der Waals surface area contributed by atoms with Crippen molar-refractivity contribution in [2.75, 3.05) is 13.1 Å². The second kappa shape index (κ2) is 6.24. The Morgan fingerprint density at radius 1 is 1.53 bits per heavy atom. The Balaban J connectivity index is 0.00000112. The number of rotatable bonds is 3. The number of nitrogens with one attached hydrogen (secondary N) is 1. The molecule has 0 aromatic heterocycles. The van der Waals surface area contributed by atoms with Gasteiger partial charge in [0.15, 0.2) is 0 Å². The fraction of sp³-hybridized carbons (Fsp3) is 0.364. The van der Waals surface area contributed by atoms with Gasteiger partial charge in [0.25, 0.3) is 0 Å². The summed E-state index contributed by atoms with van der Waals surface area (Å²) in [5.74, 6) is 1.69. The SMILES string of the molecule is CC(Oc1[c-]cccc1)C1=NCCN1.[Y]. The minimum atomic E-state index is -0.0175. The molecule has 77 valence electrons. The maximum absolute atomic E-state index is 5.65. The Hall–Kier alpha value is -0.406. The minimum absolute atomic E-state index is 0. The van der Waals surface area contributed by atoms with Crippen LogP contribution in [-0.2, 0) is 32.7 Å². The van der Waals surface area contributed by atoms with Crippen LogP contribution in [0.3, 0.4) is 0 Å². The van der Waals surface area contributed by atoms with Gasteiger partial charge in [0.2, 0.25) is 0 Å². The van der Waals surface area contributed by atoms with E-state index in [9.17, 15) is 0 Å². The van der Waals surface area contributed by atoms with Crippen LogP contribution in [0.4, 0.5) is 0 Å². The molecule has 1 aliphatic heterocycles. The first-order valence-corrected chi connectivity index (χ1v) is 4.78. The molecule has 3 nitrogen and oxygen atoms in total. The third-order valence-corrected chi connectivity index (χ3v) is 2.07. The van der Waals surface area contributed by atoms with Gasteiger partial charge in [0, 0.05) is 45.0 Å². The molecule has 0 aliphatic carbocycles. The van der Waals surface area contributed by atoms with Crippen LogP contribution in [0.2, 0.25) is 0 Å². The summed E-state index contributed by atoms with van der Waals surface area (Å²) in [7, 11) is 0. The molecule has 1 aliphatic rings. The molecular weight excluding hydrogens is 265 g/mol. The molecule has 0 fully saturated rings. The van der Waals surface area contributed by atoms with Gasteiger partial charge in [-0.3, -0.25) is 4.99 Å². The minimum Gasteiger partial charge on any atom is -0.509 e. The van der Waals surface area contributed by atoms with Gasteiger partial charge in [-0.15, -0.1) is 12.1 Å². The fourth-order valence-electron chi connectivity index (χ4n) is 1.38. The number of para-hydroxylation sites is 1. The molecular formula is C11H13N2OY-. The molecule has 15 heavy (non-hydrogen) atoms. The van der Waals surface area contributed by atoms with E-state index in [1.54, 1.807) is 0 Å². The van der Waals surface area contributed by atoms with E-state index in [0.717, 1.165) is 24.7 Å². The van der Waals surface area contributed by atoms with Gasteiger partial charge in [-0.2, -0.15) is 18.2 Å². The van der Waals surface area contributed by atoms with Crippen LogP contribution in [0.15, 0.2) is 29.3 Å². The molecule has 1 radical (unpaired) electrons. The van der Waals surface area contributed by atoms with Crippen LogP contribution in [0.5, 0.6) is 5.75 Å². The third-order valence-electron chi connectivity index (χ3n) is 2.07. The largest absolute Gasteiger partial charge is 0.509 e. The third kappa shape index (κ3) is 3.58. The van der Waals surface area contributed by atoms with E-state index in [4.69, 9.17) is 4.74 Å². The Labute approximate surface area is 115 Å². The molecule has 2 rings (SSSR count). The van der Waals surface area contributed by atoms with Gasteiger partial charge < -0.3 is 10.1 Å². The van der Waals surface area contributed by atoms with E-state index >= 15 is 0 Å². The maximum atomic E-state index is 5.65. The van der Waals surface area contributed by atoms with E-state index in [1.165, 1.54) is 0 Å². The van der Waals surface area contributed by atoms with Crippen molar-refractivity contribution in [3.8, 4) is 5.75 Å². The van der Waals surface area contributed by atoms with E-state index in [1.807, 2.05) is 31.2 Å². The van der Waals surface area contributed by atoms with Crippen molar-refractivity contribution in [3.63, 3.8) is 0 Å². The van der Waals surface area contributed by atoms with Crippen LogP contribution < -0.4 is 10.1 Å². The number of benzene rings is 1. The summed E-state index contributed by atoms with van der Waals surface area (Å²) in [6, 6.07) is 10.6. The van der Waals surface area contributed by atoms with Crippen molar-refractivity contribution < 1.29 is 37.4 Å². The summed E-state index contributed by atoms with van der Waals surface area (Å²) in [6.07, 6.45) is -0.0175. The van der Waals surface area contributed by atoms with Crippen molar-refractivity contribution in [2.45, 2.75) is 13.0 Å². The number of aliphatic imine (C=N–C) groups is 1. The zero-order valence-corrected chi connectivity index (χ0v) is 11.6. The smallest absolute Gasteiger partial charge is 0.149 e. The molecule has 1 unspecified atom stereocenters. The Morgan fingerprint density at radius 3 is 3.00 bits per heavy atom. The van der Waals surface area contributed by atoms with Gasteiger partial charge >= 0.3 is 0 Å². The molecule has 1 N–H and O–H groups in total. The van der Waals surface area contributed by atoms with Gasteiger partial charge in [-0.1, -0.05) is 0 Å². The van der Waals surface area contributed by atoms with E-state index in [-0.39, 0.29) is 38.8 Å². The van der Waals surface area contributed by atoms with Crippen LogP contribution in [-0.4, -0.2) is 25.0 Å². The summed E-state index contributed by atoms with van der Waals surface area (Å²) in [4.78, 5) is 4.30. The summed E-state index contributed by atoms with van der Waals surface area (Å²) >= 11 is 0. The molecule has 0 amide bonds. The molecule has 0 spiro atoms. The van der Waals surface area contributed by atoms with E-state index < -0.39 is 0 Å². The second-order valence-electron chi connectivity index (χ2n) is 3.18. The molecule has 1 atom stereocenters. The zero-order chi connectivity index (χ0) is 9.80. The van der Waals surface area contributed by atoms with Gasteiger partial charge in [-0.25, -0.2) is 0 Å². The quantitative estimate of drug-likeness (QED) is 0.844. The van der Waals surface area contributed by atoms with Crippen LogP contribution in [0, 0.1) is 6.07 Å². The number of nitrogens with zero attached hydrogens (tertiary/aromatic N) is 1. The van der Waals surface area contributed by atoms with Gasteiger partial charge in [0.05, 0.1) is 6.54 Å². The first-order chi connectivity index (χ1) is 6.86. The zero-order valence-electron chi connectivity index (χ0n) is 8.73. The van der Waals surface area contributed by atoms with Crippen molar-refractivity contribution in [3.05, 3.63) is 30.3 Å². The van der Waals surface area contributed by atoms with Crippen molar-refractivity contribution in [1.29, 1.82) is 0 Å². The molecule has 1 heterocycles. The number of ether oxygens (including phenoxy) is 1. The number of hydrogen-bond donors (Lipinski definition) is 1. The van der Waals surface area contributed by atoms with Crippen LogP contribution >= 0.6 is 0 Å². The normalized spacial score (nSPS) is 15.9. The van der Waals surface area contributed by atoms with Crippen molar-refractivity contribution in [1.82, 2.24) is 5.32 Å². The summed E-state index contributed by atoms with van der Waals surface area (Å²) in [5.41, 5.74) is 0. The fourth-order valence-corrected chi connectivity index (χ4v) is 1.38. The van der Waals surface area contributed by atoms with E-state index in [2.05, 4.69) is 16.4 Å². The number of hydrogen-bond acceptors (Lipinski definition) is 3. The first kappa shape index (κ1) is 12.7. The van der Waals surface area contributed by atoms with Gasteiger partial charge in [-0.05, 0) is 6.92 Å². The van der Waals surface area contributed by atoms with Crippen molar-refractivity contribution >= 4 is 5.84 Å². The van der Waals surface area contributed by atoms with E-state index in [0.29, 0.717) is 0 Å². The average molecular weight is 278 g/mol. The standard InChI is InChI=1S/C11H13N2O.Y/c1-9(11-12-7-8-13-11)14-10-5-3-2-4-6-10;/h2-5,9H,7-8H2,1H3,(H,12,13);/q-1;. The second-order valence-corrected chi connectivity index (χ2v) is 3.18. The molecule has 4 heteroatoms. The Morgan fingerprint density at radius 2 is 2.40 bits per heavy atom. The molecule has 1 aromatic carbocycles. The topological polar surface area (TPSA) is 33.6 Å². The van der Waals surface area contributed by atoms with Gasteiger partial charge in [0.1, 0.15) is 11.9 Å². The Kier molecular flexibility index (Phi) is 5.26. The summed E-state index contributed by atoms with van der Waals surface area (Å²) in [6.45, 7) is 3.75. The first-order valence-electron chi connectivity index (χ1n) is 4.78. The number of amidine groups is 1. The molecule has 0 saturated heterocycles.